The molecule has 0 aliphatic rings. The Morgan fingerprint density at radius 1 is 1.20 bits per heavy atom. The van der Waals surface area contributed by atoms with Gasteiger partial charge in [-0.25, -0.2) is 5.43 Å². The average molecular weight is 273 g/mol. The van der Waals surface area contributed by atoms with Gasteiger partial charge in [0.2, 0.25) is 0 Å². The topological polar surface area (TPSA) is 69.4 Å². The fourth-order valence-electron chi connectivity index (χ4n) is 2.11. The summed E-state index contributed by atoms with van der Waals surface area (Å²) in [5.41, 5.74) is 4.44. The van der Waals surface area contributed by atoms with Crippen LogP contribution in [0.5, 0.6) is 11.5 Å². The number of nitrogens with two attached hydrogens (primary N) is 1. The van der Waals surface area contributed by atoms with Gasteiger partial charge in [0.25, 0.3) is 0 Å². The number of hydrogen-bond acceptors (Lipinski definition) is 5. The van der Waals surface area contributed by atoms with Crippen LogP contribution in [0.2, 0.25) is 0 Å². The average Bonchev–Trinajstić information content (AvgIpc) is 2.50. The van der Waals surface area contributed by atoms with Gasteiger partial charge < -0.3 is 9.47 Å². The molecule has 5 heteroatoms. The predicted molar refractivity (Wildman–Crippen MR) is 77.6 cm³/mol. The van der Waals surface area contributed by atoms with E-state index in [2.05, 4.69) is 10.4 Å². The molecular formula is C15H19N3O2. The Bertz CT molecular complexity index is 560. The Morgan fingerprint density at radius 2 is 1.95 bits per heavy atom. The number of pyridine rings is 1. The highest BCUT2D eigenvalue weighted by Gasteiger charge is 2.21. The molecule has 2 rings (SSSR count). The minimum atomic E-state index is -0.297. The van der Waals surface area contributed by atoms with Crippen molar-refractivity contribution in [1.82, 2.24) is 10.4 Å². The van der Waals surface area contributed by atoms with E-state index in [1.54, 1.807) is 13.3 Å². The monoisotopic (exact) mass is 273 g/mol. The SMILES string of the molecule is CCOc1ccccc1C(NN)c1ncccc1OC. The van der Waals surface area contributed by atoms with Gasteiger partial charge in [-0.05, 0) is 25.1 Å². The molecule has 0 bridgehead atoms. The van der Waals surface area contributed by atoms with Crippen molar-refractivity contribution >= 4 is 0 Å². The Kier molecular flexibility index (Phi) is 4.92. The molecule has 0 saturated heterocycles. The fourth-order valence-corrected chi connectivity index (χ4v) is 2.11. The number of rotatable bonds is 6. The maximum atomic E-state index is 5.72. The summed E-state index contributed by atoms with van der Waals surface area (Å²) in [5.74, 6) is 7.19. The van der Waals surface area contributed by atoms with Gasteiger partial charge in [0.15, 0.2) is 0 Å². The van der Waals surface area contributed by atoms with Gasteiger partial charge in [0, 0.05) is 11.8 Å². The standard InChI is InChI=1S/C15H19N3O2/c1-3-20-12-8-5-4-7-11(12)14(18-16)15-13(19-2)9-6-10-17-15/h4-10,14,18H,3,16H2,1-2H3. The lowest BCUT2D eigenvalue weighted by molar-refractivity contribution is 0.332. The highest BCUT2D eigenvalue weighted by molar-refractivity contribution is 5.43. The van der Waals surface area contributed by atoms with Crippen molar-refractivity contribution in [2.75, 3.05) is 13.7 Å². The summed E-state index contributed by atoms with van der Waals surface area (Å²) in [6.45, 7) is 2.54. The van der Waals surface area contributed by atoms with Gasteiger partial charge in [0.1, 0.15) is 17.2 Å². The minimum absolute atomic E-state index is 0.297. The first-order valence-electron chi connectivity index (χ1n) is 6.48. The van der Waals surface area contributed by atoms with Crippen LogP contribution in [-0.2, 0) is 0 Å². The Morgan fingerprint density at radius 3 is 2.65 bits per heavy atom. The lowest BCUT2D eigenvalue weighted by atomic mass is 10.0. The molecule has 20 heavy (non-hydrogen) atoms. The van der Waals surface area contributed by atoms with Crippen molar-refractivity contribution < 1.29 is 9.47 Å². The number of benzene rings is 1. The van der Waals surface area contributed by atoms with Gasteiger partial charge in [0.05, 0.1) is 19.8 Å². The van der Waals surface area contributed by atoms with E-state index in [0.717, 1.165) is 17.0 Å². The smallest absolute Gasteiger partial charge is 0.142 e. The first-order valence-corrected chi connectivity index (χ1v) is 6.48. The third-order valence-corrected chi connectivity index (χ3v) is 2.99. The summed E-state index contributed by atoms with van der Waals surface area (Å²) in [7, 11) is 1.61. The molecule has 1 aromatic carbocycles. The van der Waals surface area contributed by atoms with Crippen LogP contribution in [-0.4, -0.2) is 18.7 Å². The van der Waals surface area contributed by atoms with Crippen molar-refractivity contribution in [3.63, 3.8) is 0 Å². The Labute approximate surface area is 118 Å². The van der Waals surface area contributed by atoms with E-state index in [9.17, 15) is 0 Å². The van der Waals surface area contributed by atoms with Crippen molar-refractivity contribution in [3.05, 3.63) is 53.9 Å². The number of para-hydroxylation sites is 1. The van der Waals surface area contributed by atoms with Crippen molar-refractivity contribution in [2.45, 2.75) is 13.0 Å². The lowest BCUT2D eigenvalue weighted by Crippen LogP contribution is -2.30. The molecule has 5 nitrogen and oxygen atoms in total. The zero-order valence-corrected chi connectivity index (χ0v) is 11.7. The molecule has 0 aliphatic carbocycles. The highest BCUT2D eigenvalue weighted by Crippen LogP contribution is 2.32. The van der Waals surface area contributed by atoms with Crippen LogP contribution in [0.4, 0.5) is 0 Å². The number of hydrazine groups is 1. The second-order valence-corrected chi connectivity index (χ2v) is 4.16. The fraction of sp³-hybridized carbons (Fsp3) is 0.267. The molecule has 0 saturated carbocycles. The summed E-state index contributed by atoms with van der Waals surface area (Å²) in [6.07, 6.45) is 1.71. The van der Waals surface area contributed by atoms with E-state index in [1.165, 1.54) is 0 Å². The molecule has 3 N–H and O–H groups in total. The van der Waals surface area contributed by atoms with Crippen molar-refractivity contribution in [1.29, 1.82) is 0 Å². The lowest BCUT2D eigenvalue weighted by Gasteiger charge is -2.20. The second kappa shape index (κ2) is 6.88. The molecule has 0 aliphatic heterocycles. The van der Waals surface area contributed by atoms with E-state index >= 15 is 0 Å². The highest BCUT2D eigenvalue weighted by atomic mass is 16.5. The molecule has 106 valence electrons. The van der Waals surface area contributed by atoms with Crippen molar-refractivity contribution in [3.8, 4) is 11.5 Å². The number of ether oxygens (including phenoxy) is 2. The molecule has 1 atom stereocenters. The van der Waals surface area contributed by atoms with Crippen LogP contribution < -0.4 is 20.7 Å². The quantitative estimate of drug-likeness (QED) is 0.622. The summed E-state index contributed by atoms with van der Waals surface area (Å²) < 4.78 is 11.0. The van der Waals surface area contributed by atoms with E-state index in [0.29, 0.717) is 12.4 Å². The van der Waals surface area contributed by atoms with Gasteiger partial charge in [-0.1, -0.05) is 18.2 Å². The maximum absolute atomic E-state index is 5.72. The minimum Gasteiger partial charge on any atom is -0.495 e. The number of hydrogen-bond donors (Lipinski definition) is 2. The molecule has 1 aromatic heterocycles. The van der Waals surface area contributed by atoms with Gasteiger partial charge >= 0.3 is 0 Å². The van der Waals surface area contributed by atoms with E-state index in [-0.39, 0.29) is 6.04 Å². The first kappa shape index (κ1) is 14.3. The third kappa shape index (κ3) is 2.89. The number of aromatic nitrogens is 1. The molecular weight excluding hydrogens is 254 g/mol. The maximum Gasteiger partial charge on any atom is 0.142 e. The van der Waals surface area contributed by atoms with Gasteiger partial charge in [-0.2, -0.15) is 0 Å². The molecule has 0 fully saturated rings. The predicted octanol–water partition coefficient (Wildman–Crippen LogP) is 2.04. The molecule has 0 amide bonds. The number of methoxy groups -OCH3 is 1. The third-order valence-electron chi connectivity index (χ3n) is 2.99. The Balaban J connectivity index is 2.47. The molecule has 1 heterocycles. The van der Waals surface area contributed by atoms with Gasteiger partial charge in [-0.15, -0.1) is 0 Å². The molecule has 1 unspecified atom stereocenters. The molecule has 0 radical (unpaired) electrons. The zero-order valence-electron chi connectivity index (χ0n) is 11.7. The summed E-state index contributed by atoms with van der Waals surface area (Å²) in [5, 5.41) is 0. The van der Waals surface area contributed by atoms with Crippen LogP contribution >= 0.6 is 0 Å². The largest absolute Gasteiger partial charge is 0.495 e. The van der Waals surface area contributed by atoms with Gasteiger partial charge in [-0.3, -0.25) is 10.8 Å². The molecule has 2 aromatic rings. The second-order valence-electron chi connectivity index (χ2n) is 4.16. The number of nitrogens with one attached hydrogen (secondary N) is 1. The van der Waals surface area contributed by atoms with Crippen LogP contribution in [0.25, 0.3) is 0 Å². The number of nitrogens with zero attached hydrogens (tertiary/aromatic N) is 1. The van der Waals surface area contributed by atoms with E-state index in [4.69, 9.17) is 15.3 Å². The summed E-state index contributed by atoms with van der Waals surface area (Å²) >= 11 is 0. The van der Waals surface area contributed by atoms with Crippen molar-refractivity contribution in [2.24, 2.45) is 5.84 Å². The van der Waals surface area contributed by atoms with E-state index < -0.39 is 0 Å². The van der Waals surface area contributed by atoms with Crippen LogP contribution in [0.15, 0.2) is 42.6 Å². The first-order chi connectivity index (χ1) is 9.81. The van der Waals surface area contributed by atoms with Crippen LogP contribution in [0.3, 0.4) is 0 Å². The van der Waals surface area contributed by atoms with E-state index in [1.807, 2.05) is 43.3 Å². The Hall–Kier alpha value is -2.11. The zero-order chi connectivity index (χ0) is 14.4. The summed E-state index contributed by atoms with van der Waals surface area (Å²) in [4.78, 5) is 4.38. The molecule has 0 spiro atoms. The normalized spacial score (nSPS) is 11.9. The van der Waals surface area contributed by atoms with Crippen LogP contribution in [0.1, 0.15) is 24.2 Å². The van der Waals surface area contributed by atoms with Crippen LogP contribution in [0, 0.1) is 0 Å². The summed E-state index contributed by atoms with van der Waals surface area (Å²) in [6, 6.07) is 11.1.